The second kappa shape index (κ2) is 20.5. The number of aliphatic hydroxyl groups excluding tert-OH is 1. The number of carbonyl (C=O) groups excluding carboxylic acids is 1. The van der Waals surface area contributed by atoms with Gasteiger partial charge in [-0.1, -0.05) is 182 Å². The largest absolute Gasteiger partial charge is 0.442 e. The van der Waals surface area contributed by atoms with Crippen LogP contribution in [0.4, 0.5) is 4.79 Å². The number of alkyl carbamates (subject to hydrolysis) is 1. The van der Waals surface area contributed by atoms with Gasteiger partial charge in [0.25, 0.3) is 0 Å². The normalized spacial score (nSPS) is 14.2. The van der Waals surface area contributed by atoms with E-state index >= 15 is 0 Å². The smallest absolute Gasteiger partial charge is 0.407 e. The van der Waals surface area contributed by atoms with Crippen molar-refractivity contribution in [3.8, 4) is 0 Å². The number of cyclic esters (lactones) is 1. The maximum Gasteiger partial charge on any atom is 0.407 e. The highest BCUT2D eigenvalue weighted by molar-refractivity contribution is 7.59. The summed E-state index contributed by atoms with van der Waals surface area (Å²) in [6.07, 6.45) is -1.42. The lowest BCUT2D eigenvalue weighted by molar-refractivity contribution is -0.0350. The van der Waals surface area contributed by atoms with E-state index in [0.717, 1.165) is 33.4 Å². The van der Waals surface area contributed by atoms with E-state index < -0.39 is 23.4 Å². The van der Waals surface area contributed by atoms with Gasteiger partial charge in [0, 0.05) is 6.54 Å². The molecule has 6 aromatic rings. The first-order valence-electron chi connectivity index (χ1n) is 17.5. The highest BCUT2D eigenvalue weighted by Crippen LogP contribution is 2.42. The Morgan fingerprint density at radius 2 is 0.870 bits per heavy atom. The van der Waals surface area contributed by atoms with Crippen molar-refractivity contribution in [3.63, 3.8) is 0 Å². The molecule has 1 saturated heterocycles. The molecule has 0 aromatic heterocycles. The fourth-order valence-corrected chi connectivity index (χ4v) is 6.57. The summed E-state index contributed by atoms with van der Waals surface area (Å²) >= 11 is 0. The Kier molecular flexibility index (Phi) is 15.9. The van der Waals surface area contributed by atoms with Crippen molar-refractivity contribution in [1.29, 1.82) is 0 Å². The molecule has 1 fully saturated rings. The van der Waals surface area contributed by atoms with E-state index in [1.54, 1.807) is 0 Å². The summed E-state index contributed by atoms with van der Waals surface area (Å²) in [4.78, 5) is 11.4. The van der Waals surface area contributed by atoms with Crippen LogP contribution in [0, 0.1) is 0 Å². The summed E-state index contributed by atoms with van der Waals surface area (Å²) in [5.74, 6) is 0. The molecule has 1 aliphatic rings. The van der Waals surface area contributed by atoms with Gasteiger partial charge < -0.3 is 30.4 Å². The molecule has 0 unspecified atom stereocenters. The summed E-state index contributed by atoms with van der Waals surface area (Å²) in [5, 5.41) is 12.7. The number of nitrogens with two attached hydrogens (primary N) is 1. The Labute approximate surface area is 332 Å². The number of aliphatic hydroxyl groups is 1. The Balaban J connectivity index is 0.000000233. The molecule has 0 aliphatic carbocycles. The van der Waals surface area contributed by atoms with Gasteiger partial charge in [-0.15, -0.1) is 0 Å². The SMILES string of the molecule is NC[C@H](O)COC(c1ccccc1)(c1ccccc1)c1ccccc1.O=C1NC[C@@H](COC(c2ccccc2)(c2ccccc2)c2ccccc2)O1.S.S. The predicted octanol–water partition coefficient (Wildman–Crippen LogP) is 7.64. The van der Waals surface area contributed by atoms with Crippen LogP contribution in [0.1, 0.15) is 33.4 Å². The number of hydrogen-bond donors (Lipinski definition) is 3. The lowest BCUT2D eigenvalue weighted by atomic mass is 9.80. The molecule has 7 nitrogen and oxygen atoms in total. The number of ether oxygens (including phenoxy) is 3. The van der Waals surface area contributed by atoms with Gasteiger partial charge in [0.1, 0.15) is 17.3 Å². The van der Waals surface area contributed by atoms with Crippen molar-refractivity contribution in [2.45, 2.75) is 23.4 Å². The molecule has 0 spiro atoms. The number of rotatable bonds is 13. The zero-order valence-electron chi connectivity index (χ0n) is 30.0. The van der Waals surface area contributed by atoms with Crippen molar-refractivity contribution in [2.24, 2.45) is 5.73 Å². The average molecular weight is 761 g/mol. The van der Waals surface area contributed by atoms with Crippen molar-refractivity contribution < 1.29 is 24.1 Å². The highest BCUT2D eigenvalue weighted by Gasteiger charge is 2.40. The van der Waals surface area contributed by atoms with Crippen molar-refractivity contribution >= 4 is 33.1 Å². The topological polar surface area (TPSA) is 103 Å². The van der Waals surface area contributed by atoms with Gasteiger partial charge in [-0.3, -0.25) is 0 Å². The number of carbonyl (C=O) groups is 1. The van der Waals surface area contributed by atoms with Crippen LogP contribution < -0.4 is 11.1 Å². The molecule has 2 atom stereocenters. The van der Waals surface area contributed by atoms with E-state index in [4.69, 9.17) is 19.9 Å². The summed E-state index contributed by atoms with van der Waals surface area (Å²) in [7, 11) is 0. The van der Waals surface area contributed by atoms with Crippen LogP contribution in [0.3, 0.4) is 0 Å². The minimum Gasteiger partial charge on any atom is -0.442 e. The molecule has 0 saturated carbocycles. The van der Waals surface area contributed by atoms with E-state index in [1.165, 1.54) is 0 Å². The molecule has 1 aliphatic heterocycles. The summed E-state index contributed by atoms with van der Waals surface area (Å²) in [5.41, 5.74) is 10.1. The van der Waals surface area contributed by atoms with E-state index in [2.05, 4.69) is 78.1 Å². The lowest BCUT2D eigenvalue weighted by Crippen LogP contribution is -2.37. The van der Waals surface area contributed by atoms with Crippen LogP contribution in [0.25, 0.3) is 0 Å². The second-order valence-electron chi connectivity index (χ2n) is 12.5. The van der Waals surface area contributed by atoms with Gasteiger partial charge in [-0.25, -0.2) is 4.79 Å². The highest BCUT2D eigenvalue weighted by atomic mass is 32.1. The van der Waals surface area contributed by atoms with E-state index in [-0.39, 0.29) is 52.9 Å². The number of benzene rings is 6. The first-order valence-corrected chi connectivity index (χ1v) is 17.5. The van der Waals surface area contributed by atoms with Gasteiger partial charge in [0.2, 0.25) is 0 Å². The third kappa shape index (κ3) is 9.62. The molecule has 4 N–H and O–H groups in total. The standard InChI is InChI=1S/C23H21NO3.C22H23NO2.2H2S/c25-22-24-16-21(27-22)17-26-23(18-10-4-1-5-11-18,19-12-6-2-7-13-19)20-14-8-3-9-15-20;23-16-21(24)17-25-22(18-10-4-1-5-11-18,19-12-6-2-7-13-19)20-14-8-3-9-15-20;;/h1-15,21H,16-17H2,(H,24,25);1-15,21,24H,16-17,23H2;2*1H2/t2*21-;;/m00../s1. The monoisotopic (exact) mass is 760 g/mol. The average Bonchev–Trinajstić information content (AvgIpc) is 3.65. The van der Waals surface area contributed by atoms with E-state index in [0.29, 0.717) is 6.54 Å². The predicted molar refractivity (Wildman–Crippen MR) is 224 cm³/mol. The maximum absolute atomic E-state index is 11.4. The van der Waals surface area contributed by atoms with Crippen LogP contribution in [0.2, 0.25) is 0 Å². The number of amides is 1. The van der Waals surface area contributed by atoms with Crippen LogP contribution in [-0.2, 0) is 25.4 Å². The lowest BCUT2D eigenvalue weighted by Gasteiger charge is -2.36. The first-order chi connectivity index (χ1) is 25.6. The Morgan fingerprint density at radius 1 is 0.574 bits per heavy atom. The minimum atomic E-state index is -0.806. The van der Waals surface area contributed by atoms with Gasteiger partial charge >= 0.3 is 6.09 Å². The van der Waals surface area contributed by atoms with Crippen molar-refractivity contribution in [2.75, 3.05) is 26.3 Å². The fourth-order valence-electron chi connectivity index (χ4n) is 6.57. The molecule has 0 bridgehead atoms. The Morgan fingerprint density at radius 3 is 1.13 bits per heavy atom. The molecular weight excluding hydrogens is 713 g/mol. The van der Waals surface area contributed by atoms with Gasteiger partial charge in [0.15, 0.2) is 0 Å². The minimum absolute atomic E-state index is 0. The zero-order chi connectivity index (χ0) is 36.1. The molecule has 9 heteroatoms. The van der Waals surface area contributed by atoms with Crippen molar-refractivity contribution in [3.05, 3.63) is 215 Å². The van der Waals surface area contributed by atoms with Crippen LogP contribution in [0.15, 0.2) is 182 Å². The van der Waals surface area contributed by atoms with Crippen molar-refractivity contribution in [1.82, 2.24) is 5.32 Å². The Bertz CT molecular complexity index is 1750. The van der Waals surface area contributed by atoms with Crippen LogP contribution in [-0.4, -0.2) is 49.7 Å². The van der Waals surface area contributed by atoms with Gasteiger partial charge in [-0.2, -0.15) is 27.0 Å². The molecule has 54 heavy (non-hydrogen) atoms. The van der Waals surface area contributed by atoms with Gasteiger partial charge in [-0.05, 0) is 33.4 Å². The fraction of sp³-hybridized carbons (Fsp3) is 0.178. The van der Waals surface area contributed by atoms with Crippen LogP contribution in [0.5, 0.6) is 0 Å². The van der Waals surface area contributed by atoms with Crippen LogP contribution >= 0.6 is 27.0 Å². The second-order valence-corrected chi connectivity index (χ2v) is 12.5. The molecule has 0 radical (unpaired) electrons. The molecule has 1 heterocycles. The zero-order valence-corrected chi connectivity index (χ0v) is 32.0. The number of hydrogen-bond acceptors (Lipinski definition) is 6. The molecule has 1 amide bonds. The summed E-state index contributed by atoms with van der Waals surface area (Å²) < 4.78 is 18.3. The Hall–Kier alpha value is -4.87. The summed E-state index contributed by atoms with van der Waals surface area (Å²) in [6, 6.07) is 60.7. The first kappa shape index (κ1) is 41.9. The summed E-state index contributed by atoms with van der Waals surface area (Å²) in [6.45, 7) is 1.05. The third-order valence-electron chi connectivity index (χ3n) is 9.08. The molecule has 7 rings (SSSR count). The van der Waals surface area contributed by atoms with E-state index in [1.807, 2.05) is 109 Å². The molecule has 6 aromatic carbocycles. The maximum atomic E-state index is 11.4. The number of nitrogens with one attached hydrogen (secondary N) is 1. The molecule has 280 valence electrons. The molecular formula is C45H48N2O5S2. The van der Waals surface area contributed by atoms with Gasteiger partial charge in [0.05, 0.1) is 25.9 Å². The van der Waals surface area contributed by atoms with E-state index in [9.17, 15) is 9.90 Å². The quantitative estimate of drug-likeness (QED) is 0.105. The third-order valence-corrected chi connectivity index (χ3v) is 9.08.